The molecule has 9 heteroatoms. The predicted molar refractivity (Wildman–Crippen MR) is 100 cm³/mol. The van der Waals surface area contributed by atoms with E-state index in [0.717, 1.165) is 20.0 Å². The Kier molecular flexibility index (Phi) is 5.58. The van der Waals surface area contributed by atoms with Crippen LogP contribution >= 0.6 is 22.6 Å². The molecule has 1 aliphatic heterocycles. The van der Waals surface area contributed by atoms with Gasteiger partial charge in [-0.3, -0.25) is 4.79 Å². The SMILES string of the molecule is O=C(c1ccccc1I)N1CCN(S(=O)(=O)c2cc(F)ccc2F)CC1. The van der Waals surface area contributed by atoms with Gasteiger partial charge in [0.15, 0.2) is 0 Å². The zero-order chi connectivity index (χ0) is 18.9. The van der Waals surface area contributed by atoms with Crippen LogP contribution in [-0.4, -0.2) is 49.7 Å². The highest BCUT2D eigenvalue weighted by Crippen LogP contribution is 2.22. The molecule has 0 atom stereocenters. The molecule has 1 aliphatic rings. The number of nitrogens with zero attached hydrogens (tertiary/aromatic N) is 2. The van der Waals surface area contributed by atoms with E-state index in [9.17, 15) is 22.0 Å². The van der Waals surface area contributed by atoms with E-state index in [1.807, 2.05) is 12.1 Å². The topological polar surface area (TPSA) is 57.7 Å². The van der Waals surface area contributed by atoms with E-state index in [1.165, 1.54) is 0 Å². The Morgan fingerprint density at radius 3 is 2.31 bits per heavy atom. The maximum atomic E-state index is 13.9. The van der Waals surface area contributed by atoms with Crippen molar-refractivity contribution in [2.24, 2.45) is 0 Å². The third-order valence-corrected chi connectivity index (χ3v) is 7.00. The number of sulfonamides is 1. The Labute approximate surface area is 163 Å². The van der Waals surface area contributed by atoms with Crippen LogP contribution in [0, 0.1) is 15.2 Å². The molecular weight excluding hydrogens is 477 g/mol. The first-order valence-corrected chi connectivity index (χ1v) is 10.3. The predicted octanol–water partition coefficient (Wildman–Crippen LogP) is 2.72. The quantitative estimate of drug-likeness (QED) is 0.620. The third-order valence-electron chi connectivity index (χ3n) is 4.14. The molecule has 138 valence electrons. The summed E-state index contributed by atoms with van der Waals surface area (Å²) < 4.78 is 54.2. The number of piperazine rings is 1. The van der Waals surface area contributed by atoms with Gasteiger partial charge in [0, 0.05) is 29.7 Å². The number of hydrogen-bond donors (Lipinski definition) is 0. The van der Waals surface area contributed by atoms with Crippen molar-refractivity contribution in [1.29, 1.82) is 0 Å². The van der Waals surface area contributed by atoms with Crippen LogP contribution in [-0.2, 0) is 10.0 Å². The molecule has 0 unspecified atom stereocenters. The summed E-state index contributed by atoms with van der Waals surface area (Å²) in [4.78, 5) is 13.5. The van der Waals surface area contributed by atoms with Gasteiger partial charge in [0.25, 0.3) is 5.91 Å². The molecule has 2 aromatic carbocycles. The van der Waals surface area contributed by atoms with Crippen molar-refractivity contribution in [2.45, 2.75) is 4.90 Å². The van der Waals surface area contributed by atoms with E-state index in [1.54, 1.807) is 17.0 Å². The van der Waals surface area contributed by atoms with Gasteiger partial charge in [-0.25, -0.2) is 17.2 Å². The maximum absolute atomic E-state index is 13.9. The Balaban J connectivity index is 1.75. The van der Waals surface area contributed by atoms with Gasteiger partial charge in [0.1, 0.15) is 16.5 Å². The van der Waals surface area contributed by atoms with Crippen LogP contribution in [0.1, 0.15) is 10.4 Å². The highest BCUT2D eigenvalue weighted by atomic mass is 127. The normalized spacial score (nSPS) is 15.9. The van der Waals surface area contributed by atoms with Crippen LogP contribution in [0.4, 0.5) is 8.78 Å². The van der Waals surface area contributed by atoms with Crippen LogP contribution < -0.4 is 0 Å². The van der Waals surface area contributed by atoms with Crippen LogP contribution in [0.25, 0.3) is 0 Å². The lowest BCUT2D eigenvalue weighted by Crippen LogP contribution is -2.50. The summed E-state index contributed by atoms with van der Waals surface area (Å²) in [5.74, 6) is -2.00. The second-order valence-corrected chi connectivity index (χ2v) is 8.82. The van der Waals surface area contributed by atoms with Crippen molar-refractivity contribution in [2.75, 3.05) is 26.2 Å². The summed E-state index contributed by atoms with van der Waals surface area (Å²) in [7, 11) is -4.16. The molecule has 0 aromatic heterocycles. The fourth-order valence-electron chi connectivity index (χ4n) is 2.75. The molecule has 0 spiro atoms. The number of amides is 1. The second-order valence-electron chi connectivity index (χ2n) is 5.75. The molecule has 1 fully saturated rings. The zero-order valence-electron chi connectivity index (χ0n) is 13.5. The minimum atomic E-state index is -4.16. The van der Waals surface area contributed by atoms with Crippen LogP contribution in [0.3, 0.4) is 0 Å². The molecular formula is C17H15F2IN2O3S. The molecule has 0 radical (unpaired) electrons. The Morgan fingerprint density at radius 2 is 1.65 bits per heavy atom. The van der Waals surface area contributed by atoms with Gasteiger partial charge in [-0.15, -0.1) is 0 Å². The summed E-state index contributed by atoms with van der Waals surface area (Å²) in [6.45, 7) is 0.404. The van der Waals surface area contributed by atoms with Crippen LogP contribution in [0.5, 0.6) is 0 Å². The number of carbonyl (C=O) groups excluding carboxylic acids is 1. The standard InChI is InChI=1S/C17H15F2IN2O3S/c18-12-5-6-14(19)16(11-12)26(24,25)22-9-7-21(8-10-22)17(23)13-3-1-2-4-15(13)20/h1-6,11H,7-10H2. The highest BCUT2D eigenvalue weighted by Gasteiger charge is 2.32. The minimum Gasteiger partial charge on any atom is -0.336 e. The summed E-state index contributed by atoms with van der Waals surface area (Å²) in [6.07, 6.45) is 0. The smallest absolute Gasteiger partial charge is 0.255 e. The monoisotopic (exact) mass is 492 g/mol. The van der Waals surface area contributed by atoms with Crippen molar-refractivity contribution in [3.63, 3.8) is 0 Å². The van der Waals surface area contributed by atoms with Crippen molar-refractivity contribution in [1.82, 2.24) is 9.21 Å². The minimum absolute atomic E-state index is 0.0213. The summed E-state index contributed by atoms with van der Waals surface area (Å²) in [6, 6.07) is 9.47. The van der Waals surface area contributed by atoms with Crippen molar-refractivity contribution in [3.05, 3.63) is 63.2 Å². The molecule has 0 N–H and O–H groups in total. The van der Waals surface area contributed by atoms with Gasteiger partial charge >= 0.3 is 0 Å². The van der Waals surface area contributed by atoms with Crippen LogP contribution in [0.2, 0.25) is 0 Å². The van der Waals surface area contributed by atoms with E-state index < -0.39 is 26.6 Å². The Bertz CT molecular complexity index is 945. The summed E-state index contributed by atoms with van der Waals surface area (Å²) in [5.41, 5.74) is 0.556. The molecule has 2 aromatic rings. The molecule has 3 rings (SSSR count). The lowest BCUT2D eigenvalue weighted by Gasteiger charge is -2.34. The molecule has 1 saturated heterocycles. The number of benzene rings is 2. The third kappa shape index (κ3) is 3.74. The van der Waals surface area contributed by atoms with E-state index in [2.05, 4.69) is 22.6 Å². The second kappa shape index (κ2) is 7.57. The first-order valence-electron chi connectivity index (χ1n) is 7.80. The molecule has 1 amide bonds. The molecule has 5 nitrogen and oxygen atoms in total. The fourth-order valence-corrected chi connectivity index (χ4v) is 4.87. The largest absolute Gasteiger partial charge is 0.336 e. The first kappa shape index (κ1) is 19.2. The van der Waals surface area contributed by atoms with Crippen molar-refractivity contribution >= 4 is 38.5 Å². The highest BCUT2D eigenvalue weighted by molar-refractivity contribution is 14.1. The Morgan fingerprint density at radius 1 is 1.00 bits per heavy atom. The maximum Gasteiger partial charge on any atom is 0.255 e. The molecule has 1 heterocycles. The van der Waals surface area contributed by atoms with Gasteiger partial charge < -0.3 is 4.90 Å². The lowest BCUT2D eigenvalue weighted by molar-refractivity contribution is 0.0696. The average Bonchev–Trinajstić information content (AvgIpc) is 2.63. The van der Waals surface area contributed by atoms with Gasteiger partial charge in [0.05, 0.1) is 5.56 Å². The van der Waals surface area contributed by atoms with E-state index in [4.69, 9.17) is 0 Å². The molecule has 0 bridgehead atoms. The van der Waals surface area contributed by atoms with E-state index in [-0.39, 0.29) is 32.1 Å². The number of halogens is 3. The molecule has 0 aliphatic carbocycles. The van der Waals surface area contributed by atoms with Gasteiger partial charge in [-0.1, -0.05) is 12.1 Å². The van der Waals surface area contributed by atoms with Crippen molar-refractivity contribution < 1.29 is 22.0 Å². The first-order chi connectivity index (χ1) is 12.3. The van der Waals surface area contributed by atoms with E-state index in [0.29, 0.717) is 11.6 Å². The van der Waals surface area contributed by atoms with Gasteiger partial charge in [0.2, 0.25) is 10.0 Å². The van der Waals surface area contributed by atoms with Gasteiger partial charge in [-0.2, -0.15) is 4.31 Å². The molecule has 26 heavy (non-hydrogen) atoms. The van der Waals surface area contributed by atoms with Gasteiger partial charge in [-0.05, 0) is 52.9 Å². The number of rotatable bonds is 3. The summed E-state index contributed by atoms with van der Waals surface area (Å²) >= 11 is 2.07. The zero-order valence-corrected chi connectivity index (χ0v) is 16.5. The lowest BCUT2D eigenvalue weighted by atomic mass is 10.2. The average molecular weight is 492 g/mol. The van der Waals surface area contributed by atoms with Crippen LogP contribution in [0.15, 0.2) is 47.4 Å². The van der Waals surface area contributed by atoms with Crippen molar-refractivity contribution in [3.8, 4) is 0 Å². The Hall–Kier alpha value is -1.59. The van der Waals surface area contributed by atoms with E-state index >= 15 is 0 Å². The fraction of sp³-hybridized carbons (Fsp3) is 0.235. The number of carbonyl (C=O) groups is 1. The molecule has 0 saturated carbocycles. The summed E-state index contributed by atoms with van der Waals surface area (Å²) in [5, 5.41) is 0. The number of hydrogen-bond acceptors (Lipinski definition) is 3.